The van der Waals surface area contributed by atoms with E-state index in [1.54, 1.807) is 17.0 Å². The predicted molar refractivity (Wildman–Crippen MR) is 127 cm³/mol. The zero-order valence-corrected chi connectivity index (χ0v) is 18.9. The van der Waals surface area contributed by atoms with Crippen LogP contribution >= 0.6 is 0 Å². The number of ether oxygens (including phenoxy) is 1. The van der Waals surface area contributed by atoms with Crippen molar-refractivity contribution in [2.45, 2.75) is 46.5 Å². The lowest BCUT2D eigenvalue weighted by molar-refractivity contribution is -0.114. The van der Waals surface area contributed by atoms with Crippen LogP contribution in [0.5, 0.6) is 5.75 Å². The van der Waals surface area contributed by atoms with Crippen molar-refractivity contribution < 1.29 is 14.3 Å². The van der Waals surface area contributed by atoms with Crippen LogP contribution in [0.2, 0.25) is 0 Å². The molecule has 6 nitrogen and oxygen atoms in total. The number of rotatable bonds is 13. The standard InChI is InChI=1S/C25H35N3O3/c1-4-7-8-9-17-31-23-15-13-21(14-16-23)27-24(29)19-26-22-12-10-11-20(18-22)25(30)28(5-2)6-3/h10-16,18,26H,4-9,17,19H2,1-3H3,(H,27,29). The van der Waals surface area contributed by atoms with E-state index in [-0.39, 0.29) is 18.4 Å². The zero-order valence-electron chi connectivity index (χ0n) is 18.9. The molecule has 6 heteroatoms. The zero-order chi connectivity index (χ0) is 22.5. The fourth-order valence-electron chi connectivity index (χ4n) is 3.20. The third-order valence-corrected chi connectivity index (χ3v) is 5.02. The van der Waals surface area contributed by atoms with Crippen molar-refractivity contribution in [2.75, 3.05) is 36.9 Å². The number of nitrogens with zero attached hydrogens (tertiary/aromatic N) is 1. The Labute approximate surface area is 186 Å². The summed E-state index contributed by atoms with van der Waals surface area (Å²) >= 11 is 0. The van der Waals surface area contributed by atoms with E-state index in [9.17, 15) is 9.59 Å². The number of hydrogen-bond donors (Lipinski definition) is 2. The summed E-state index contributed by atoms with van der Waals surface area (Å²) in [5, 5.41) is 5.95. The Balaban J connectivity index is 1.80. The Kier molecular flexibility index (Phi) is 10.4. The summed E-state index contributed by atoms with van der Waals surface area (Å²) in [5.74, 6) is 0.641. The average molecular weight is 426 g/mol. The highest BCUT2D eigenvalue weighted by Crippen LogP contribution is 2.17. The first-order valence-corrected chi connectivity index (χ1v) is 11.2. The smallest absolute Gasteiger partial charge is 0.253 e. The van der Waals surface area contributed by atoms with Gasteiger partial charge in [-0.05, 0) is 62.7 Å². The van der Waals surface area contributed by atoms with Crippen molar-refractivity contribution in [1.29, 1.82) is 0 Å². The SMILES string of the molecule is CCCCCCOc1ccc(NC(=O)CNc2cccc(C(=O)N(CC)CC)c2)cc1. The predicted octanol–water partition coefficient (Wildman–Crippen LogP) is 5.18. The largest absolute Gasteiger partial charge is 0.494 e. The number of benzene rings is 2. The van der Waals surface area contributed by atoms with Crippen LogP contribution in [0.4, 0.5) is 11.4 Å². The van der Waals surface area contributed by atoms with Crippen LogP contribution in [0.15, 0.2) is 48.5 Å². The van der Waals surface area contributed by atoms with Crippen LogP contribution in [0, 0.1) is 0 Å². The van der Waals surface area contributed by atoms with E-state index in [4.69, 9.17) is 4.74 Å². The van der Waals surface area contributed by atoms with E-state index in [1.807, 2.05) is 50.2 Å². The van der Waals surface area contributed by atoms with Crippen LogP contribution in [-0.4, -0.2) is 43.0 Å². The van der Waals surface area contributed by atoms with Crippen LogP contribution in [0.25, 0.3) is 0 Å². The van der Waals surface area contributed by atoms with Gasteiger partial charge in [-0.15, -0.1) is 0 Å². The Morgan fingerprint density at radius 2 is 1.65 bits per heavy atom. The lowest BCUT2D eigenvalue weighted by Gasteiger charge is -2.19. The molecular formula is C25H35N3O3. The first-order valence-electron chi connectivity index (χ1n) is 11.2. The number of nitrogens with one attached hydrogen (secondary N) is 2. The molecule has 0 unspecified atom stereocenters. The molecule has 0 saturated carbocycles. The lowest BCUT2D eigenvalue weighted by Crippen LogP contribution is -2.30. The molecule has 2 aromatic carbocycles. The summed E-state index contributed by atoms with van der Waals surface area (Å²) in [7, 11) is 0. The molecule has 0 bridgehead atoms. The van der Waals surface area contributed by atoms with E-state index in [0.717, 1.165) is 23.5 Å². The molecule has 0 heterocycles. The third kappa shape index (κ3) is 8.32. The number of unbranched alkanes of at least 4 members (excludes halogenated alkanes) is 3. The lowest BCUT2D eigenvalue weighted by atomic mass is 10.1. The molecule has 0 aliphatic rings. The third-order valence-electron chi connectivity index (χ3n) is 5.02. The maximum absolute atomic E-state index is 12.5. The van der Waals surface area contributed by atoms with Gasteiger partial charge in [-0.2, -0.15) is 0 Å². The fraction of sp³-hybridized carbons (Fsp3) is 0.440. The van der Waals surface area contributed by atoms with Gasteiger partial charge in [-0.25, -0.2) is 0 Å². The summed E-state index contributed by atoms with van der Waals surface area (Å²) in [5.41, 5.74) is 2.06. The minimum Gasteiger partial charge on any atom is -0.494 e. The number of hydrogen-bond acceptors (Lipinski definition) is 4. The summed E-state index contributed by atoms with van der Waals surface area (Å²) in [6.07, 6.45) is 4.69. The molecule has 0 aliphatic heterocycles. The molecule has 2 N–H and O–H groups in total. The molecule has 2 amide bonds. The van der Waals surface area contributed by atoms with E-state index in [2.05, 4.69) is 17.6 Å². The van der Waals surface area contributed by atoms with Gasteiger partial charge in [-0.1, -0.05) is 32.3 Å². The Hall–Kier alpha value is -3.02. The van der Waals surface area contributed by atoms with Gasteiger partial charge in [0.1, 0.15) is 5.75 Å². The Morgan fingerprint density at radius 3 is 2.32 bits per heavy atom. The second kappa shape index (κ2) is 13.3. The van der Waals surface area contributed by atoms with E-state index < -0.39 is 0 Å². The molecule has 0 aliphatic carbocycles. The molecule has 0 fully saturated rings. The van der Waals surface area contributed by atoms with Crippen LogP contribution in [0.1, 0.15) is 56.8 Å². The minimum absolute atomic E-state index is 0.00854. The van der Waals surface area contributed by atoms with Crippen LogP contribution in [0.3, 0.4) is 0 Å². The van der Waals surface area contributed by atoms with E-state index in [0.29, 0.717) is 25.3 Å². The van der Waals surface area contributed by atoms with Crippen molar-refractivity contribution in [3.63, 3.8) is 0 Å². The molecule has 0 atom stereocenters. The quantitative estimate of drug-likeness (QED) is 0.434. The van der Waals surface area contributed by atoms with E-state index >= 15 is 0 Å². The summed E-state index contributed by atoms with van der Waals surface area (Å²) in [4.78, 5) is 26.5. The monoisotopic (exact) mass is 425 g/mol. The molecule has 2 rings (SSSR count). The second-order valence-electron chi connectivity index (χ2n) is 7.39. The van der Waals surface area contributed by atoms with Gasteiger partial charge >= 0.3 is 0 Å². The highest BCUT2D eigenvalue weighted by molar-refractivity contribution is 5.96. The molecule has 31 heavy (non-hydrogen) atoms. The molecule has 0 spiro atoms. The van der Waals surface area contributed by atoms with Crippen molar-refractivity contribution in [2.24, 2.45) is 0 Å². The molecule has 168 valence electrons. The first-order chi connectivity index (χ1) is 15.1. The van der Waals surface area contributed by atoms with Crippen molar-refractivity contribution in [3.05, 3.63) is 54.1 Å². The Bertz CT molecular complexity index is 817. The topological polar surface area (TPSA) is 70.7 Å². The Morgan fingerprint density at radius 1 is 0.903 bits per heavy atom. The summed E-state index contributed by atoms with van der Waals surface area (Å²) in [6, 6.07) is 14.6. The van der Waals surface area contributed by atoms with Gasteiger partial charge in [0.25, 0.3) is 5.91 Å². The van der Waals surface area contributed by atoms with Crippen LogP contribution in [-0.2, 0) is 4.79 Å². The molecule has 2 aromatic rings. The van der Waals surface area contributed by atoms with Gasteiger partial charge in [0.2, 0.25) is 5.91 Å². The van der Waals surface area contributed by atoms with Crippen LogP contribution < -0.4 is 15.4 Å². The van der Waals surface area contributed by atoms with E-state index in [1.165, 1.54) is 19.3 Å². The number of amides is 2. The molecule has 0 saturated heterocycles. The fourth-order valence-corrected chi connectivity index (χ4v) is 3.20. The normalized spacial score (nSPS) is 10.4. The first kappa shape index (κ1) is 24.3. The summed E-state index contributed by atoms with van der Waals surface area (Å²) < 4.78 is 5.73. The maximum atomic E-state index is 12.5. The van der Waals surface area contributed by atoms with Gasteiger partial charge in [0.05, 0.1) is 13.2 Å². The minimum atomic E-state index is -0.159. The van der Waals surface area contributed by atoms with Crippen molar-refractivity contribution in [1.82, 2.24) is 4.90 Å². The van der Waals surface area contributed by atoms with Crippen molar-refractivity contribution >= 4 is 23.2 Å². The maximum Gasteiger partial charge on any atom is 0.253 e. The number of carbonyl (C=O) groups is 2. The average Bonchev–Trinajstić information content (AvgIpc) is 2.79. The number of carbonyl (C=O) groups excluding carboxylic acids is 2. The molecule has 0 radical (unpaired) electrons. The molecular weight excluding hydrogens is 390 g/mol. The highest BCUT2D eigenvalue weighted by Gasteiger charge is 2.12. The van der Waals surface area contributed by atoms with Crippen molar-refractivity contribution in [3.8, 4) is 5.75 Å². The van der Waals surface area contributed by atoms with Gasteiger partial charge in [0.15, 0.2) is 0 Å². The molecule has 0 aromatic heterocycles. The second-order valence-corrected chi connectivity index (χ2v) is 7.39. The van der Waals surface area contributed by atoms with Gasteiger partial charge in [-0.3, -0.25) is 9.59 Å². The summed E-state index contributed by atoms with van der Waals surface area (Å²) in [6.45, 7) is 8.26. The number of anilines is 2. The van der Waals surface area contributed by atoms with Gasteiger partial charge in [0, 0.05) is 30.0 Å². The van der Waals surface area contributed by atoms with Gasteiger partial charge < -0.3 is 20.3 Å². The highest BCUT2D eigenvalue weighted by atomic mass is 16.5.